The molecule has 1 aliphatic rings. The van der Waals surface area contributed by atoms with E-state index in [1.54, 1.807) is 0 Å². The number of aromatic nitrogens is 2. The van der Waals surface area contributed by atoms with Crippen LogP contribution in [0.1, 0.15) is 18.4 Å². The van der Waals surface area contributed by atoms with E-state index in [9.17, 15) is 18.0 Å². The minimum absolute atomic E-state index is 0.0470. The molecule has 0 spiro atoms. The van der Waals surface area contributed by atoms with Gasteiger partial charge in [0.15, 0.2) is 0 Å². The van der Waals surface area contributed by atoms with E-state index in [1.807, 2.05) is 0 Å². The monoisotopic (exact) mass is 299 g/mol. The third kappa shape index (κ3) is 2.70. The Labute approximate surface area is 119 Å². The maximum absolute atomic E-state index is 13.1. The number of benzene rings is 1. The van der Waals surface area contributed by atoms with Crippen LogP contribution in [0.25, 0.3) is 11.0 Å². The number of halogens is 3. The topological polar surface area (TPSA) is 41.0 Å². The van der Waals surface area contributed by atoms with Crippen molar-refractivity contribution in [3.05, 3.63) is 34.2 Å². The molecule has 0 bridgehead atoms. The molecule has 0 saturated carbocycles. The van der Waals surface area contributed by atoms with Crippen LogP contribution in [0.3, 0.4) is 0 Å². The minimum Gasteiger partial charge on any atom is -0.306 e. The van der Waals surface area contributed by atoms with E-state index < -0.39 is 17.4 Å². The number of imidazole rings is 1. The molecule has 114 valence electrons. The van der Waals surface area contributed by atoms with E-state index in [0.29, 0.717) is 6.54 Å². The normalized spacial score (nSPS) is 16.9. The van der Waals surface area contributed by atoms with Gasteiger partial charge in [-0.1, -0.05) is 6.07 Å². The standard InChI is InChI=1S/C14H16F3N3O/c15-14(16,17)10-4-3-5-11-12(10)20(13(21)18-11)9-8-19-6-1-2-7-19/h3-5H,1-2,6-9H2,(H,18,21). The second kappa shape index (κ2) is 5.22. The fraction of sp³-hybridized carbons (Fsp3) is 0.500. The maximum Gasteiger partial charge on any atom is 0.418 e. The number of rotatable bonds is 3. The fourth-order valence-electron chi connectivity index (χ4n) is 2.91. The average molecular weight is 299 g/mol. The molecular weight excluding hydrogens is 283 g/mol. The number of para-hydroxylation sites is 1. The molecule has 0 amide bonds. The zero-order valence-corrected chi connectivity index (χ0v) is 11.4. The van der Waals surface area contributed by atoms with Gasteiger partial charge in [-0.05, 0) is 38.1 Å². The Morgan fingerprint density at radius 1 is 1.14 bits per heavy atom. The molecule has 0 aliphatic carbocycles. The summed E-state index contributed by atoms with van der Waals surface area (Å²) in [6.07, 6.45) is -2.25. The van der Waals surface area contributed by atoms with Gasteiger partial charge in [-0.2, -0.15) is 13.2 Å². The molecule has 2 aromatic rings. The largest absolute Gasteiger partial charge is 0.418 e. The first-order chi connectivity index (χ1) is 9.97. The van der Waals surface area contributed by atoms with E-state index in [4.69, 9.17) is 0 Å². The van der Waals surface area contributed by atoms with Gasteiger partial charge >= 0.3 is 11.9 Å². The number of hydrogen-bond acceptors (Lipinski definition) is 2. The Morgan fingerprint density at radius 3 is 2.52 bits per heavy atom. The van der Waals surface area contributed by atoms with Gasteiger partial charge in [0.25, 0.3) is 0 Å². The number of H-pyrrole nitrogens is 1. The molecule has 4 nitrogen and oxygen atoms in total. The van der Waals surface area contributed by atoms with E-state index in [2.05, 4.69) is 9.88 Å². The number of alkyl halides is 3. The summed E-state index contributed by atoms with van der Waals surface area (Å²) in [5, 5.41) is 0. The van der Waals surface area contributed by atoms with Crippen LogP contribution in [0, 0.1) is 0 Å². The molecule has 0 unspecified atom stereocenters. The summed E-state index contributed by atoms with van der Waals surface area (Å²) in [5.41, 5.74) is -1.06. The molecule has 1 N–H and O–H groups in total. The van der Waals surface area contributed by atoms with Gasteiger partial charge in [0.05, 0.1) is 16.6 Å². The van der Waals surface area contributed by atoms with Crippen molar-refractivity contribution in [1.82, 2.24) is 14.5 Å². The van der Waals surface area contributed by atoms with Crippen LogP contribution in [0.2, 0.25) is 0 Å². The average Bonchev–Trinajstić information content (AvgIpc) is 3.01. The van der Waals surface area contributed by atoms with Crippen LogP contribution in [0.15, 0.2) is 23.0 Å². The summed E-state index contributed by atoms with van der Waals surface area (Å²) in [7, 11) is 0. The Morgan fingerprint density at radius 2 is 1.86 bits per heavy atom. The van der Waals surface area contributed by atoms with Gasteiger partial charge in [0, 0.05) is 13.1 Å². The first-order valence-electron chi connectivity index (χ1n) is 6.98. The first-order valence-corrected chi connectivity index (χ1v) is 6.98. The maximum atomic E-state index is 13.1. The van der Waals surface area contributed by atoms with Crippen LogP contribution in [-0.4, -0.2) is 34.1 Å². The molecule has 1 fully saturated rings. The third-order valence-electron chi connectivity index (χ3n) is 3.94. The molecule has 2 heterocycles. The number of nitrogens with one attached hydrogen (secondary N) is 1. The molecule has 1 aliphatic heterocycles. The highest BCUT2D eigenvalue weighted by Crippen LogP contribution is 2.33. The predicted octanol–water partition coefficient (Wildman–Crippen LogP) is 2.44. The second-order valence-electron chi connectivity index (χ2n) is 5.33. The van der Waals surface area contributed by atoms with Crippen molar-refractivity contribution in [3.8, 4) is 0 Å². The molecule has 21 heavy (non-hydrogen) atoms. The second-order valence-corrected chi connectivity index (χ2v) is 5.33. The van der Waals surface area contributed by atoms with Crippen molar-refractivity contribution in [1.29, 1.82) is 0 Å². The van der Waals surface area contributed by atoms with Gasteiger partial charge in [-0.3, -0.25) is 4.57 Å². The molecule has 1 saturated heterocycles. The van der Waals surface area contributed by atoms with Gasteiger partial charge < -0.3 is 9.88 Å². The van der Waals surface area contributed by atoms with Crippen LogP contribution in [0.4, 0.5) is 13.2 Å². The zero-order chi connectivity index (χ0) is 15.0. The summed E-state index contributed by atoms with van der Waals surface area (Å²) in [5.74, 6) is 0. The Hall–Kier alpha value is -1.76. The zero-order valence-electron chi connectivity index (χ0n) is 11.4. The highest BCUT2D eigenvalue weighted by molar-refractivity contribution is 5.79. The summed E-state index contributed by atoms with van der Waals surface area (Å²) < 4.78 is 40.5. The quantitative estimate of drug-likeness (QED) is 0.946. The molecular formula is C14H16F3N3O. The fourth-order valence-corrected chi connectivity index (χ4v) is 2.91. The highest BCUT2D eigenvalue weighted by atomic mass is 19.4. The summed E-state index contributed by atoms with van der Waals surface area (Å²) in [6, 6.07) is 3.83. The first kappa shape index (κ1) is 14.2. The van der Waals surface area contributed by atoms with Gasteiger partial charge in [-0.15, -0.1) is 0 Å². The van der Waals surface area contributed by atoms with Crippen LogP contribution < -0.4 is 5.69 Å². The van der Waals surface area contributed by atoms with Crippen molar-refractivity contribution in [2.45, 2.75) is 25.6 Å². The van der Waals surface area contributed by atoms with Gasteiger partial charge in [0.2, 0.25) is 0 Å². The van der Waals surface area contributed by atoms with Gasteiger partial charge in [0.1, 0.15) is 0 Å². The lowest BCUT2D eigenvalue weighted by atomic mass is 10.1. The molecule has 0 radical (unpaired) electrons. The van der Waals surface area contributed by atoms with Crippen LogP contribution >= 0.6 is 0 Å². The smallest absolute Gasteiger partial charge is 0.306 e. The summed E-state index contributed by atoms with van der Waals surface area (Å²) >= 11 is 0. The van der Waals surface area contributed by atoms with E-state index in [-0.39, 0.29) is 17.6 Å². The Balaban J connectivity index is 2.00. The van der Waals surface area contributed by atoms with Crippen LogP contribution in [-0.2, 0) is 12.7 Å². The van der Waals surface area contributed by atoms with Gasteiger partial charge in [-0.25, -0.2) is 4.79 Å². The summed E-state index contributed by atoms with van der Waals surface area (Å²) in [6.45, 7) is 2.76. The van der Waals surface area contributed by atoms with E-state index in [0.717, 1.165) is 32.0 Å². The highest BCUT2D eigenvalue weighted by Gasteiger charge is 2.34. The molecule has 1 aromatic carbocycles. The number of fused-ring (bicyclic) bond motifs is 1. The summed E-state index contributed by atoms with van der Waals surface area (Å²) in [4.78, 5) is 16.6. The van der Waals surface area contributed by atoms with E-state index in [1.165, 1.54) is 16.7 Å². The lowest BCUT2D eigenvalue weighted by molar-refractivity contribution is -0.136. The lowest BCUT2D eigenvalue weighted by Gasteiger charge is -2.16. The van der Waals surface area contributed by atoms with Crippen molar-refractivity contribution in [2.24, 2.45) is 0 Å². The number of hydrogen-bond donors (Lipinski definition) is 1. The lowest BCUT2D eigenvalue weighted by Crippen LogP contribution is -2.28. The molecule has 3 rings (SSSR count). The Bertz CT molecular complexity index is 696. The number of aromatic amines is 1. The Kier molecular flexibility index (Phi) is 3.52. The van der Waals surface area contributed by atoms with Crippen LogP contribution in [0.5, 0.6) is 0 Å². The van der Waals surface area contributed by atoms with Crippen molar-refractivity contribution < 1.29 is 13.2 Å². The molecule has 1 aromatic heterocycles. The number of nitrogens with zero attached hydrogens (tertiary/aromatic N) is 2. The molecule has 7 heteroatoms. The van der Waals surface area contributed by atoms with Crippen molar-refractivity contribution in [3.63, 3.8) is 0 Å². The minimum atomic E-state index is -4.47. The van der Waals surface area contributed by atoms with Crippen molar-refractivity contribution in [2.75, 3.05) is 19.6 Å². The molecule has 0 atom stereocenters. The SMILES string of the molecule is O=c1[nH]c2cccc(C(F)(F)F)c2n1CCN1CCCC1. The van der Waals surface area contributed by atoms with E-state index >= 15 is 0 Å². The predicted molar refractivity (Wildman–Crippen MR) is 73.2 cm³/mol. The number of likely N-dealkylation sites (tertiary alicyclic amines) is 1. The van der Waals surface area contributed by atoms with Crippen molar-refractivity contribution >= 4 is 11.0 Å². The third-order valence-corrected chi connectivity index (χ3v) is 3.94.